The highest BCUT2D eigenvalue weighted by Crippen LogP contribution is 2.36. The van der Waals surface area contributed by atoms with Crippen molar-refractivity contribution in [2.24, 2.45) is 0 Å². The van der Waals surface area contributed by atoms with Gasteiger partial charge >= 0.3 is 12.1 Å². The van der Waals surface area contributed by atoms with Gasteiger partial charge in [-0.1, -0.05) is 48.9 Å². The van der Waals surface area contributed by atoms with Crippen molar-refractivity contribution in [3.05, 3.63) is 76.4 Å². The van der Waals surface area contributed by atoms with Crippen LogP contribution >= 0.6 is 0 Å². The van der Waals surface area contributed by atoms with E-state index in [0.29, 0.717) is 13.2 Å². The molecule has 0 aliphatic carbocycles. The molecular formula is C24H25F3O4. The first-order valence-electron chi connectivity index (χ1n) is 10.1. The van der Waals surface area contributed by atoms with Crippen molar-refractivity contribution < 1.29 is 32.5 Å². The molecule has 1 heterocycles. The first-order chi connectivity index (χ1) is 14.8. The number of hydrogen-bond acceptors (Lipinski definition) is 3. The number of carbonyl (C=O) groups is 1. The summed E-state index contributed by atoms with van der Waals surface area (Å²) in [7, 11) is 0. The summed E-state index contributed by atoms with van der Waals surface area (Å²) in [5, 5.41) is 8.78. The summed E-state index contributed by atoms with van der Waals surface area (Å²) in [4.78, 5) is 10.7. The maximum Gasteiger partial charge on any atom is 0.416 e. The molecule has 166 valence electrons. The van der Waals surface area contributed by atoms with Crippen molar-refractivity contribution in [2.45, 2.75) is 38.3 Å². The summed E-state index contributed by atoms with van der Waals surface area (Å²) in [6.45, 7) is 3.23. The van der Waals surface area contributed by atoms with E-state index in [2.05, 4.69) is 19.1 Å². The molecule has 0 bridgehead atoms. The van der Waals surface area contributed by atoms with Crippen molar-refractivity contribution in [3.8, 4) is 5.75 Å². The molecule has 0 spiro atoms. The van der Waals surface area contributed by atoms with Crippen molar-refractivity contribution in [1.82, 2.24) is 0 Å². The highest BCUT2D eigenvalue weighted by Gasteiger charge is 2.34. The number of halogens is 3. The van der Waals surface area contributed by atoms with E-state index >= 15 is 0 Å². The van der Waals surface area contributed by atoms with E-state index < -0.39 is 17.7 Å². The fourth-order valence-electron chi connectivity index (χ4n) is 3.79. The Kier molecular flexibility index (Phi) is 7.38. The van der Waals surface area contributed by atoms with E-state index in [1.54, 1.807) is 0 Å². The molecule has 0 saturated heterocycles. The SMILES string of the molecule is CC(C1=C(COc2ccc(CCC(=O)O)c(C(F)(F)F)c2)COCC1)c1ccccc1. The lowest BCUT2D eigenvalue weighted by Gasteiger charge is -2.26. The third-order valence-corrected chi connectivity index (χ3v) is 5.48. The van der Waals surface area contributed by atoms with Gasteiger partial charge in [-0.3, -0.25) is 4.79 Å². The second-order valence-electron chi connectivity index (χ2n) is 7.56. The van der Waals surface area contributed by atoms with Gasteiger partial charge in [-0.05, 0) is 41.7 Å². The second kappa shape index (κ2) is 10.0. The third kappa shape index (κ3) is 6.10. The topological polar surface area (TPSA) is 55.8 Å². The van der Waals surface area contributed by atoms with Crippen LogP contribution < -0.4 is 4.74 Å². The predicted molar refractivity (Wildman–Crippen MR) is 110 cm³/mol. The van der Waals surface area contributed by atoms with Gasteiger partial charge in [0.25, 0.3) is 0 Å². The smallest absolute Gasteiger partial charge is 0.416 e. The van der Waals surface area contributed by atoms with Crippen LogP contribution in [0.1, 0.15) is 42.4 Å². The van der Waals surface area contributed by atoms with E-state index in [0.717, 1.165) is 18.1 Å². The quantitative estimate of drug-likeness (QED) is 0.548. The first-order valence-corrected chi connectivity index (χ1v) is 10.1. The van der Waals surface area contributed by atoms with Crippen LogP contribution in [-0.4, -0.2) is 30.9 Å². The van der Waals surface area contributed by atoms with Gasteiger partial charge in [-0.15, -0.1) is 0 Å². The Bertz CT molecular complexity index is 936. The predicted octanol–water partition coefficient (Wildman–Crippen LogP) is 5.62. The van der Waals surface area contributed by atoms with E-state index in [9.17, 15) is 18.0 Å². The highest BCUT2D eigenvalue weighted by molar-refractivity contribution is 5.67. The Morgan fingerprint density at radius 3 is 2.61 bits per heavy atom. The lowest BCUT2D eigenvalue weighted by Crippen LogP contribution is -2.19. The minimum atomic E-state index is -4.59. The average molecular weight is 434 g/mol. The number of hydrogen-bond donors (Lipinski definition) is 1. The van der Waals surface area contributed by atoms with E-state index in [1.165, 1.54) is 23.3 Å². The minimum absolute atomic E-state index is 0.0548. The largest absolute Gasteiger partial charge is 0.489 e. The Morgan fingerprint density at radius 1 is 1.19 bits per heavy atom. The summed E-state index contributed by atoms with van der Waals surface area (Å²) in [6.07, 6.45) is -4.40. The van der Waals surface area contributed by atoms with Crippen LogP contribution in [0, 0.1) is 0 Å². The minimum Gasteiger partial charge on any atom is -0.489 e. The monoisotopic (exact) mass is 434 g/mol. The second-order valence-corrected chi connectivity index (χ2v) is 7.56. The molecule has 4 nitrogen and oxygen atoms in total. The molecule has 2 aromatic rings. The van der Waals surface area contributed by atoms with Crippen molar-refractivity contribution >= 4 is 5.97 Å². The number of aliphatic carboxylic acids is 1. The number of rotatable bonds is 8. The summed E-state index contributed by atoms with van der Waals surface area (Å²) >= 11 is 0. The van der Waals surface area contributed by atoms with E-state index in [4.69, 9.17) is 14.6 Å². The first kappa shape index (κ1) is 22.9. The normalized spacial score (nSPS) is 15.6. The van der Waals surface area contributed by atoms with Gasteiger partial charge in [0, 0.05) is 12.3 Å². The molecule has 0 amide bonds. The molecule has 2 aromatic carbocycles. The zero-order valence-corrected chi connectivity index (χ0v) is 17.2. The van der Waals surface area contributed by atoms with Gasteiger partial charge in [0.15, 0.2) is 0 Å². The van der Waals surface area contributed by atoms with Crippen LogP contribution in [0.5, 0.6) is 5.75 Å². The van der Waals surface area contributed by atoms with E-state index in [-0.39, 0.29) is 36.7 Å². The summed E-state index contributed by atoms with van der Waals surface area (Å²) in [5.74, 6) is -0.887. The van der Waals surface area contributed by atoms with Crippen LogP contribution in [0.2, 0.25) is 0 Å². The van der Waals surface area contributed by atoms with Gasteiger partial charge in [0.1, 0.15) is 12.4 Å². The molecule has 1 unspecified atom stereocenters. The number of carboxylic acids is 1. The van der Waals surface area contributed by atoms with Gasteiger partial charge < -0.3 is 14.6 Å². The molecule has 0 aromatic heterocycles. The van der Waals surface area contributed by atoms with Crippen LogP contribution in [0.3, 0.4) is 0 Å². The fraction of sp³-hybridized carbons (Fsp3) is 0.375. The van der Waals surface area contributed by atoms with Crippen LogP contribution in [0.15, 0.2) is 59.7 Å². The molecule has 31 heavy (non-hydrogen) atoms. The Balaban J connectivity index is 1.79. The molecular weight excluding hydrogens is 409 g/mol. The average Bonchev–Trinajstić information content (AvgIpc) is 2.76. The summed E-state index contributed by atoms with van der Waals surface area (Å²) < 4.78 is 51.7. The molecule has 1 atom stereocenters. The highest BCUT2D eigenvalue weighted by atomic mass is 19.4. The number of aryl methyl sites for hydroxylation is 1. The van der Waals surface area contributed by atoms with Gasteiger partial charge in [-0.25, -0.2) is 0 Å². The van der Waals surface area contributed by atoms with E-state index in [1.807, 2.05) is 18.2 Å². The molecule has 1 N–H and O–H groups in total. The van der Waals surface area contributed by atoms with Crippen LogP contribution in [-0.2, 0) is 22.1 Å². The van der Waals surface area contributed by atoms with Crippen LogP contribution in [0.4, 0.5) is 13.2 Å². The van der Waals surface area contributed by atoms with Gasteiger partial charge in [-0.2, -0.15) is 13.2 Å². The maximum absolute atomic E-state index is 13.5. The zero-order valence-electron chi connectivity index (χ0n) is 17.2. The molecule has 3 rings (SSSR count). The van der Waals surface area contributed by atoms with Crippen molar-refractivity contribution in [2.75, 3.05) is 19.8 Å². The standard InChI is InChI=1S/C24H25F3O4/c1-16(17-5-3-2-4-6-17)21-11-12-30-14-19(21)15-31-20-9-7-18(8-10-23(28)29)22(13-20)24(25,26)27/h2-7,9,13,16H,8,10-12,14-15H2,1H3,(H,28,29). The third-order valence-electron chi connectivity index (χ3n) is 5.48. The number of alkyl halides is 3. The van der Waals surface area contributed by atoms with Crippen molar-refractivity contribution in [1.29, 1.82) is 0 Å². The number of ether oxygens (including phenoxy) is 2. The Hall–Kier alpha value is -2.80. The molecule has 0 radical (unpaired) electrons. The molecule has 1 aliphatic heterocycles. The van der Waals surface area contributed by atoms with Gasteiger partial charge in [0.05, 0.1) is 18.8 Å². The molecule has 1 aliphatic rings. The Morgan fingerprint density at radius 2 is 1.94 bits per heavy atom. The molecule has 7 heteroatoms. The lowest BCUT2D eigenvalue weighted by molar-refractivity contribution is -0.140. The summed E-state index contributed by atoms with van der Waals surface area (Å²) in [5.41, 5.74) is 2.37. The molecule has 0 saturated carbocycles. The van der Waals surface area contributed by atoms with Crippen LogP contribution in [0.25, 0.3) is 0 Å². The van der Waals surface area contributed by atoms with Gasteiger partial charge in [0.2, 0.25) is 0 Å². The summed E-state index contributed by atoms with van der Waals surface area (Å²) in [6, 6.07) is 13.7. The Labute approximate surface area is 179 Å². The number of carboxylic acid groups (broad SMARTS) is 1. The maximum atomic E-state index is 13.5. The fourth-order valence-corrected chi connectivity index (χ4v) is 3.79. The molecule has 0 fully saturated rings. The van der Waals surface area contributed by atoms with Crippen molar-refractivity contribution in [3.63, 3.8) is 0 Å². The lowest BCUT2D eigenvalue weighted by atomic mass is 9.87. The number of benzene rings is 2. The zero-order chi connectivity index (χ0) is 22.4.